The van der Waals surface area contributed by atoms with Crippen LogP contribution in [0.3, 0.4) is 0 Å². The molecule has 1 saturated heterocycles. The molecule has 1 heterocycles. The van der Waals surface area contributed by atoms with E-state index < -0.39 is 17.0 Å². The van der Waals surface area contributed by atoms with Crippen LogP contribution in [0.25, 0.3) is 0 Å². The average molecular weight is 237 g/mol. The van der Waals surface area contributed by atoms with Gasteiger partial charge in [0.1, 0.15) is 0 Å². The first-order valence-electron chi connectivity index (χ1n) is 5.93. The van der Waals surface area contributed by atoms with Crippen molar-refractivity contribution in [2.75, 3.05) is 0 Å². The number of allylic oxidation sites excluding steroid dienone is 2. The van der Waals surface area contributed by atoms with Crippen LogP contribution in [-0.4, -0.2) is 32.9 Å². The summed E-state index contributed by atoms with van der Waals surface area (Å²) in [4.78, 5) is 23.5. The first-order valence-corrected chi connectivity index (χ1v) is 5.93. The SMILES string of the molecule is CC1(C)CC(C2C(=O)C=CC2=O)C(C)(C)N1O. The molecule has 0 amide bonds. The molecule has 1 aliphatic carbocycles. The second kappa shape index (κ2) is 3.50. The fraction of sp³-hybridized carbons (Fsp3) is 0.692. The molecule has 1 N–H and O–H groups in total. The molecule has 1 unspecified atom stereocenters. The van der Waals surface area contributed by atoms with Gasteiger partial charge in [-0.15, -0.1) is 0 Å². The van der Waals surface area contributed by atoms with Crippen LogP contribution in [-0.2, 0) is 9.59 Å². The zero-order valence-corrected chi connectivity index (χ0v) is 10.7. The van der Waals surface area contributed by atoms with Gasteiger partial charge in [-0.2, -0.15) is 5.06 Å². The summed E-state index contributed by atoms with van der Waals surface area (Å²) in [5.41, 5.74) is -0.969. The number of carbonyl (C=O) groups excluding carboxylic acids is 2. The van der Waals surface area contributed by atoms with Gasteiger partial charge in [0.15, 0.2) is 11.6 Å². The molecule has 0 radical (unpaired) electrons. The van der Waals surface area contributed by atoms with Gasteiger partial charge in [0, 0.05) is 11.1 Å². The van der Waals surface area contributed by atoms with Crippen LogP contribution in [0.2, 0.25) is 0 Å². The van der Waals surface area contributed by atoms with Crippen LogP contribution >= 0.6 is 0 Å². The molecule has 0 bridgehead atoms. The number of nitrogens with zero attached hydrogens (tertiary/aromatic N) is 1. The van der Waals surface area contributed by atoms with Gasteiger partial charge in [-0.3, -0.25) is 9.59 Å². The second-order valence-electron chi connectivity index (χ2n) is 6.20. The Bertz CT molecular complexity index is 391. The van der Waals surface area contributed by atoms with E-state index in [0.29, 0.717) is 6.42 Å². The highest BCUT2D eigenvalue weighted by atomic mass is 16.5. The van der Waals surface area contributed by atoms with Crippen molar-refractivity contribution in [3.05, 3.63) is 12.2 Å². The quantitative estimate of drug-likeness (QED) is 0.703. The predicted octanol–water partition coefficient (Wildman–Crippen LogP) is 1.58. The Morgan fingerprint density at radius 2 is 1.65 bits per heavy atom. The minimum absolute atomic E-state index is 0.126. The van der Waals surface area contributed by atoms with E-state index in [0.717, 1.165) is 0 Å². The standard InChI is InChI=1S/C13H19NO3/c1-12(2)7-8(13(3,4)14(12)17)11-9(15)5-6-10(11)16/h5-6,8,11,17H,7H2,1-4H3. The fourth-order valence-electron chi connectivity index (χ4n) is 3.25. The number of rotatable bonds is 1. The first kappa shape index (κ1) is 12.5. The van der Waals surface area contributed by atoms with E-state index in [1.54, 1.807) is 0 Å². The summed E-state index contributed by atoms with van der Waals surface area (Å²) in [6.07, 6.45) is 3.35. The Morgan fingerprint density at radius 1 is 1.18 bits per heavy atom. The molecule has 17 heavy (non-hydrogen) atoms. The molecule has 94 valence electrons. The normalized spacial score (nSPS) is 32.6. The maximum Gasteiger partial charge on any atom is 0.166 e. The topological polar surface area (TPSA) is 57.6 Å². The first-order chi connectivity index (χ1) is 7.68. The van der Waals surface area contributed by atoms with Crippen molar-refractivity contribution in [3.8, 4) is 0 Å². The van der Waals surface area contributed by atoms with E-state index in [1.165, 1.54) is 17.2 Å². The molecule has 1 aliphatic heterocycles. The van der Waals surface area contributed by atoms with Gasteiger partial charge in [0.2, 0.25) is 0 Å². The Kier molecular flexibility index (Phi) is 2.56. The summed E-state index contributed by atoms with van der Waals surface area (Å²) in [5, 5.41) is 11.5. The summed E-state index contributed by atoms with van der Waals surface area (Å²) in [6.45, 7) is 7.61. The molecule has 0 aromatic rings. The molecule has 0 aromatic carbocycles. The van der Waals surface area contributed by atoms with Crippen molar-refractivity contribution in [2.24, 2.45) is 11.8 Å². The van der Waals surface area contributed by atoms with E-state index >= 15 is 0 Å². The van der Waals surface area contributed by atoms with E-state index in [4.69, 9.17) is 0 Å². The van der Waals surface area contributed by atoms with E-state index in [9.17, 15) is 14.8 Å². The van der Waals surface area contributed by atoms with E-state index in [2.05, 4.69) is 0 Å². The van der Waals surface area contributed by atoms with Crippen LogP contribution in [0.15, 0.2) is 12.2 Å². The smallest absolute Gasteiger partial charge is 0.166 e. The third-order valence-corrected chi connectivity index (χ3v) is 4.17. The summed E-state index contributed by atoms with van der Waals surface area (Å²) in [5.74, 6) is -1.00. The molecule has 0 aromatic heterocycles. The minimum atomic E-state index is -0.610. The Labute approximate surface area is 101 Å². The Hall–Kier alpha value is -1.00. The molecule has 4 nitrogen and oxygen atoms in total. The fourth-order valence-corrected chi connectivity index (χ4v) is 3.25. The predicted molar refractivity (Wildman–Crippen MR) is 62.5 cm³/mol. The lowest BCUT2D eigenvalue weighted by molar-refractivity contribution is -0.198. The van der Waals surface area contributed by atoms with Crippen molar-refractivity contribution in [3.63, 3.8) is 0 Å². The summed E-state index contributed by atoms with van der Waals surface area (Å²) >= 11 is 0. The maximum atomic E-state index is 11.8. The van der Waals surface area contributed by atoms with Crippen LogP contribution in [0, 0.1) is 11.8 Å². The van der Waals surface area contributed by atoms with Crippen molar-refractivity contribution < 1.29 is 14.8 Å². The van der Waals surface area contributed by atoms with Crippen molar-refractivity contribution >= 4 is 11.6 Å². The largest absolute Gasteiger partial charge is 0.313 e. The summed E-state index contributed by atoms with van der Waals surface area (Å²) < 4.78 is 0. The Balaban J connectivity index is 2.35. The van der Waals surface area contributed by atoms with Crippen molar-refractivity contribution in [1.29, 1.82) is 0 Å². The number of carbonyl (C=O) groups is 2. The zero-order valence-electron chi connectivity index (χ0n) is 10.7. The number of hydrogen-bond acceptors (Lipinski definition) is 4. The molecule has 0 saturated carbocycles. The van der Waals surface area contributed by atoms with Crippen LogP contribution < -0.4 is 0 Å². The molecule has 2 rings (SSSR count). The van der Waals surface area contributed by atoms with Crippen LogP contribution in [0.1, 0.15) is 34.1 Å². The lowest BCUT2D eigenvalue weighted by Gasteiger charge is -2.37. The van der Waals surface area contributed by atoms with Gasteiger partial charge >= 0.3 is 0 Å². The second-order valence-corrected chi connectivity index (χ2v) is 6.20. The van der Waals surface area contributed by atoms with E-state index in [1.807, 2.05) is 27.7 Å². The van der Waals surface area contributed by atoms with E-state index in [-0.39, 0.29) is 17.5 Å². The lowest BCUT2D eigenvalue weighted by Crippen LogP contribution is -2.49. The third-order valence-electron chi connectivity index (χ3n) is 4.17. The number of ketones is 2. The van der Waals surface area contributed by atoms with Gasteiger partial charge in [-0.1, -0.05) is 0 Å². The summed E-state index contributed by atoms with van der Waals surface area (Å²) in [6, 6.07) is 0. The van der Waals surface area contributed by atoms with Crippen molar-refractivity contribution in [2.45, 2.75) is 45.2 Å². The van der Waals surface area contributed by atoms with Crippen molar-refractivity contribution in [1.82, 2.24) is 5.06 Å². The molecular weight excluding hydrogens is 218 g/mol. The minimum Gasteiger partial charge on any atom is -0.313 e. The molecule has 1 fully saturated rings. The van der Waals surface area contributed by atoms with Crippen LogP contribution in [0.5, 0.6) is 0 Å². The third kappa shape index (κ3) is 1.67. The molecule has 1 atom stereocenters. The lowest BCUT2D eigenvalue weighted by atomic mass is 9.75. The monoisotopic (exact) mass is 237 g/mol. The van der Waals surface area contributed by atoms with Gasteiger partial charge in [-0.25, -0.2) is 0 Å². The Morgan fingerprint density at radius 3 is 2.00 bits per heavy atom. The zero-order chi connectivity index (χ0) is 13.0. The highest BCUT2D eigenvalue weighted by molar-refractivity contribution is 6.19. The van der Waals surface area contributed by atoms with Gasteiger partial charge in [0.25, 0.3) is 0 Å². The van der Waals surface area contributed by atoms with Gasteiger partial charge in [0.05, 0.1) is 5.92 Å². The molecule has 0 spiro atoms. The highest BCUT2D eigenvalue weighted by Crippen LogP contribution is 2.48. The average Bonchev–Trinajstić information content (AvgIpc) is 2.60. The maximum absolute atomic E-state index is 11.8. The van der Waals surface area contributed by atoms with Crippen LogP contribution in [0.4, 0.5) is 0 Å². The summed E-state index contributed by atoms with van der Waals surface area (Å²) in [7, 11) is 0. The van der Waals surface area contributed by atoms with Gasteiger partial charge < -0.3 is 5.21 Å². The molecule has 4 heteroatoms. The highest BCUT2D eigenvalue weighted by Gasteiger charge is 2.56. The number of hydroxylamine groups is 2. The molecule has 2 aliphatic rings. The number of hydrogen-bond donors (Lipinski definition) is 1. The molecular formula is C13H19NO3. The van der Waals surface area contributed by atoms with Gasteiger partial charge in [-0.05, 0) is 52.2 Å².